The van der Waals surface area contributed by atoms with Gasteiger partial charge in [0.15, 0.2) is 6.10 Å². The highest BCUT2D eigenvalue weighted by atomic mass is 31.2. The van der Waals surface area contributed by atoms with Crippen LogP contribution in [-0.2, 0) is 28.2 Å². The zero-order valence-corrected chi connectivity index (χ0v) is 37.9. The van der Waals surface area contributed by atoms with Crippen LogP contribution in [0.1, 0.15) is 201 Å². The van der Waals surface area contributed by atoms with Crippen LogP contribution in [0.4, 0.5) is 0 Å². The maximum atomic E-state index is 12.5. The van der Waals surface area contributed by atoms with E-state index in [9.17, 15) is 19.3 Å². The lowest BCUT2D eigenvalue weighted by atomic mass is 9.99. The van der Waals surface area contributed by atoms with Crippen LogP contribution >= 0.6 is 7.82 Å². The number of aliphatic hydroxyl groups excluding tert-OH is 1. The summed E-state index contributed by atoms with van der Waals surface area (Å²) in [5.74, 6) is -0.194. The van der Waals surface area contributed by atoms with E-state index in [0.29, 0.717) is 19.3 Å². The molecule has 2 unspecified atom stereocenters. The van der Waals surface area contributed by atoms with Gasteiger partial charge in [0.1, 0.15) is 6.61 Å². The van der Waals surface area contributed by atoms with Crippen LogP contribution in [0, 0.1) is 5.92 Å². The van der Waals surface area contributed by atoms with E-state index in [1.54, 1.807) is 12.2 Å². The minimum atomic E-state index is -4.80. The van der Waals surface area contributed by atoms with Crippen LogP contribution in [0.5, 0.6) is 0 Å². The Morgan fingerprint density at radius 2 is 1.03 bits per heavy atom. The molecule has 0 saturated carbocycles. The number of phosphoric acid groups is 1. The maximum Gasteiger partial charge on any atom is 0.469 e. The summed E-state index contributed by atoms with van der Waals surface area (Å²) in [6, 6.07) is 0. The van der Waals surface area contributed by atoms with Gasteiger partial charge in [0, 0.05) is 12.8 Å². The molecule has 0 bridgehead atoms. The minimum Gasteiger partial charge on any atom is -0.462 e. The first-order valence-corrected chi connectivity index (χ1v) is 24.6. The molecular weight excluding hydrogens is 751 g/mol. The second kappa shape index (κ2) is 41.4. The van der Waals surface area contributed by atoms with Crippen molar-refractivity contribution >= 4 is 19.8 Å². The van der Waals surface area contributed by atoms with Crippen molar-refractivity contribution in [3.8, 4) is 0 Å². The van der Waals surface area contributed by atoms with Crippen LogP contribution in [0.15, 0.2) is 60.8 Å². The summed E-state index contributed by atoms with van der Waals surface area (Å²) >= 11 is 0. The average molecular weight is 837 g/mol. The summed E-state index contributed by atoms with van der Waals surface area (Å²) < 4.78 is 26.3. The van der Waals surface area contributed by atoms with E-state index < -0.39 is 38.6 Å². The van der Waals surface area contributed by atoms with E-state index in [1.165, 1.54) is 103 Å². The largest absolute Gasteiger partial charge is 0.469 e. The quantitative estimate of drug-likeness (QED) is 0.0180. The van der Waals surface area contributed by atoms with Gasteiger partial charge in [-0.25, -0.2) is 4.57 Å². The Kier molecular flexibility index (Phi) is 39.8. The monoisotopic (exact) mass is 837 g/mol. The molecule has 0 radical (unpaired) electrons. The predicted octanol–water partition coefficient (Wildman–Crippen LogP) is 13.3. The first kappa shape index (κ1) is 55.7. The summed E-state index contributed by atoms with van der Waals surface area (Å²) in [6.07, 6.45) is 48.3. The number of aliphatic hydroxyl groups is 1. The van der Waals surface area contributed by atoms with Crippen molar-refractivity contribution in [1.82, 2.24) is 0 Å². The smallest absolute Gasteiger partial charge is 0.462 e. The molecule has 0 aliphatic rings. The number of hydrogen-bond acceptors (Lipinski definition) is 7. The number of allylic oxidation sites excluding steroid dienone is 9. The zero-order valence-electron chi connectivity index (χ0n) is 37.0. The van der Waals surface area contributed by atoms with Gasteiger partial charge in [-0.1, -0.05) is 204 Å². The van der Waals surface area contributed by atoms with Crippen molar-refractivity contribution < 1.29 is 43.0 Å². The second-order valence-electron chi connectivity index (χ2n) is 15.8. The molecule has 0 fully saturated rings. The van der Waals surface area contributed by atoms with E-state index in [4.69, 9.17) is 19.3 Å². The molecule has 58 heavy (non-hydrogen) atoms. The molecule has 0 amide bonds. The van der Waals surface area contributed by atoms with Gasteiger partial charge >= 0.3 is 19.8 Å². The third kappa shape index (κ3) is 43.3. The third-order valence-corrected chi connectivity index (χ3v) is 10.7. The molecule has 0 aromatic carbocycles. The minimum absolute atomic E-state index is 0.0357. The number of phosphoric ester groups is 1. The van der Waals surface area contributed by atoms with E-state index in [0.717, 1.165) is 50.9 Å². The van der Waals surface area contributed by atoms with E-state index in [1.807, 2.05) is 12.2 Å². The fourth-order valence-electron chi connectivity index (χ4n) is 6.38. The Hall–Kier alpha value is -2.29. The van der Waals surface area contributed by atoms with Crippen molar-refractivity contribution in [3.63, 3.8) is 0 Å². The summed E-state index contributed by atoms with van der Waals surface area (Å²) in [5, 5.41) is 10.2. The Balaban J connectivity index is 4.01. The molecule has 9 nitrogen and oxygen atoms in total. The lowest BCUT2D eigenvalue weighted by Gasteiger charge is -2.18. The van der Waals surface area contributed by atoms with Crippen LogP contribution in [-0.4, -0.2) is 52.3 Å². The van der Waals surface area contributed by atoms with Crippen molar-refractivity contribution in [1.29, 1.82) is 0 Å². The number of ether oxygens (including phenoxy) is 2. The Morgan fingerprint density at radius 3 is 1.53 bits per heavy atom. The Morgan fingerprint density at radius 1 is 0.569 bits per heavy atom. The standard InChI is InChI=1S/C48H85O9P/c1-4-6-7-8-9-10-11-18-22-25-28-31-34-38-45(49)39-36-41-47(50)55-42-46(43-56-58(52,53)54)57-48(51)40-35-32-29-26-23-20-17-15-13-12-14-16-19-21-24-27-30-33-37-44(3)5-2/h6-7,9-10,18,22,28,31,34,38,44-46,49H,4-5,8,11-17,19-21,23-27,29-30,32-33,35-37,39-43H2,1-3H3,(H2,52,53,54)/b7-6-,10-9-,22-18-,31-28-,38-34+/t44?,45?,46-/m1/s1. The molecule has 0 saturated heterocycles. The van der Waals surface area contributed by atoms with Crippen molar-refractivity contribution in [2.45, 2.75) is 213 Å². The van der Waals surface area contributed by atoms with Crippen molar-refractivity contribution in [2.24, 2.45) is 5.92 Å². The number of hydrogen-bond donors (Lipinski definition) is 3. The molecular formula is C48H85O9P. The van der Waals surface area contributed by atoms with Gasteiger partial charge in [0.25, 0.3) is 0 Å². The first-order valence-electron chi connectivity index (χ1n) is 23.1. The lowest BCUT2D eigenvalue weighted by molar-refractivity contribution is -0.161. The second-order valence-corrected chi connectivity index (χ2v) is 17.0. The van der Waals surface area contributed by atoms with Gasteiger partial charge < -0.3 is 24.4 Å². The molecule has 0 heterocycles. The molecule has 3 N–H and O–H groups in total. The van der Waals surface area contributed by atoms with Gasteiger partial charge in [0.05, 0.1) is 12.7 Å². The SMILES string of the molecule is CC/C=C\C/C=C\C/C=C\C/C=C\C=C\C(O)CCCC(=O)OC[C@H](COP(=O)(O)O)OC(=O)CCCCCCCCCCCCCCCCCCCCC(C)CC. The zero-order chi connectivity index (χ0) is 42.8. The molecule has 0 spiro atoms. The predicted molar refractivity (Wildman–Crippen MR) is 240 cm³/mol. The van der Waals surface area contributed by atoms with Crippen LogP contribution in [0.3, 0.4) is 0 Å². The first-order chi connectivity index (χ1) is 28.1. The topological polar surface area (TPSA) is 140 Å². The highest BCUT2D eigenvalue weighted by Crippen LogP contribution is 2.36. The Bertz CT molecular complexity index is 1160. The summed E-state index contributed by atoms with van der Waals surface area (Å²) in [6.45, 7) is 5.80. The summed E-state index contributed by atoms with van der Waals surface area (Å²) in [4.78, 5) is 43.0. The molecule has 0 aromatic rings. The molecule has 0 aliphatic heterocycles. The van der Waals surface area contributed by atoms with Crippen LogP contribution < -0.4 is 0 Å². The van der Waals surface area contributed by atoms with E-state index in [-0.39, 0.29) is 19.4 Å². The van der Waals surface area contributed by atoms with Gasteiger partial charge in [0.2, 0.25) is 0 Å². The molecule has 0 aromatic heterocycles. The van der Waals surface area contributed by atoms with Crippen molar-refractivity contribution in [2.75, 3.05) is 13.2 Å². The van der Waals surface area contributed by atoms with Gasteiger partial charge in [-0.2, -0.15) is 0 Å². The molecule has 10 heteroatoms. The van der Waals surface area contributed by atoms with Crippen LogP contribution in [0.2, 0.25) is 0 Å². The lowest BCUT2D eigenvalue weighted by Crippen LogP contribution is -2.29. The number of esters is 2. The number of carbonyl (C=O) groups is 2. The van der Waals surface area contributed by atoms with E-state index in [2.05, 4.69) is 61.8 Å². The van der Waals surface area contributed by atoms with Crippen LogP contribution in [0.25, 0.3) is 0 Å². The number of unbranched alkanes of at least 4 members (excludes halogenated alkanes) is 17. The normalized spacial score (nSPS) is 14.1. The summed E-state index contributed by atoms with van der Waals surface area (Å²) in [7, 11) is -4.80. The maximum absolute atomic E-state index is 12.5. The van der Waals surface area contributed by atoms with Gasteiger partial charge in [-0.3, -0.25) is 14.1 Å². The number of rotatable bonds is 41. The molecule has 336 valence electrons. The average Bonchev–Trinajstić information content (AvgIpc) is 3.19. The van der Waals surface area contributed by atoms with Gasteiger partial charge in [-0.05, 0) is 50.9 Å². The van der Waals surface area contributed by atoms with Gasteiger partial charge in [-0.15, -0.1) is 0 Å². The Labute approximate surface area is 354 Å². The molecule has 3 atom stereocenters. The highest BCUT2D eigenvalue weighted by molar-refractivity contribution is 7.46. The third-order valence-electron chi connectivity index (χ3n) is 10.2. The van der Waals surface area contributed by atoms with Crippen molar-refractivity contribution in [3.05, 3.63) is 60.8 Å². The fraction of sp³-hybridized carbons (Fsp3) is 0.750. The molecule has 0 aliphatic carbocycles. The highest BCUT2D eigenvalue weighted by Gasteiger charge is 2.23. The number of carbonyl (C=O) groups excluding carboxylic acids is 2. The van der Waals surface area contributed by atoms with E-state index >= 15 is 0 Å². The summed E-state index contributed by atoms with van der Waals surface area (Å²) in [5.41, 5.74) is 0. The fourth-order valence-corrected chi connectivity index (χ4v) is 6.74. The molecule has 0 rings (SSSR count).